The Morgan fingerprint density at radius 1 is 1.12 bits per heavy atom. The number of aliphatic hydroxyl groups is 1. The molecule has 17 heavy (non-hydrogen) atoms. The van der Waals surface area contributed by atoms with Crippen molar-refractivity contribution in [2.24, 2.45) is 0 Å². The predicted octanol–water partition coefficient (Wildman–Crippen LogP) is 0.375. The van der Waals surface area contributed by atoms with E-state index >= 15 is 0 Å². The molecule has 1 fully saturated rings. The van der Waals surface area contributed by atoms with Crippen molar-refractivity contribution in [3.05, 3.63) is 0 Å². The first-order chi connectivity index (χ1) is 8.13. The van der Waals surface area contributed by atoms with Crippen LogP contribution in [0.2, 0.25) is 0 Å². The van der Waals surface area contributed by atoms with Crippen molar-refractivity contribution >= 4 is 0 Å². The van der Waals surface area contributed by atoms with Gasteiger partial charge in [-0.15, -0.1) is 0 Å². The molecule has 1 rings (SSSR count). The molecule has 2 N–H and O–H groups in total. The highest BCUT2D eigenvalue weighted by Gasteiger charge is 2.27. The summed E-state index contributed by atoms with van der Waals surface area (Å²) in [5.41, 5.74) is -0.148. The highest BCUT2D eigenvalue weighted by Crippen LogP contribution is 2.09. The topological polar surface area (TPSA) is 38.7 Å². The fraction of sp³-hybridized carbons (Fsp3) is 1.00. The fourth-order valence-corrected chi connectivity index (χ4v) is 2.35. The van der Waals surface area contributed by atoms with Gasteiger partial charge in [-0.05, 0) is 26.4 Å². The van der Waals surface area contributed by atoms with E-state index < -0.39 is 0 Å². The van der Waals surface area contributed by atoms with Gasteiger partial charge in [0, 0.05) is 32.7 Å². The van der Waals surface area contributed by atoms with Gasteiger partial charge in [0.25, 0.3) is 0 Å². The molecule has 4 nitrogen and oxygen atoms in total. The Hall–Kier alpha value is -0.160. The molecule has 0 aromatic carbocycles. The smallest absolute Gasteiger partial charge is 0.0623 e. The van der Waals surface area contributed by atoms with Crippen LogP contribution < -0.4 is 5.32 Å². The largest absolute Gasteiger partial charge is 0.394 e. The van der Waals surface area contributed by atoms with Crippen molar-refractivity contribution in [3.63, 3.8) is 0 Å². The van der Waals surface area contributed by atoms with Crippen LogP contribution in [0, 0.1) is 0 Å². The second kappa shape index (κ2) is 7.31. The molecule has 4 heteroatoms. The highest BCUT2D eigenvalue weighted by atomic mass is 16.3. The Balaban J connectivity index is 2.35. The lowest BCUT2D eigenvalue weighted by molar-refractivity contribution is 0.0806. The van der Waals surface area contributed by atoms with Gasteiger partial charge in [-0.1, -0.05) is 13.8 Å². The molecule has 1 aliphatic heterocycles. The molecule has 1 unspecified atom stereocenters. The Bertz CT molecular complexity index is 205. The summed E-state index contributed by atoms with van der Waals surface area (Å²) in [6, 6.07) is 0. The lowest BCUT2D eigenvalue weighted by Crippen LogP contribution is -2.57. The first-order valence-corrected chi connectivity index (χ1v) is 6.94. The summed E-state index contributed by atoms with van der Waals surface area (Å²) < 4.78 is 0. The van der Waals surface area contributed by atoms with Gasteiger partial charge in [0.2, 0.25) is 0 Å². The Kier molecular flexibility index (Phi) is 6.41. The number of nitrogens with zero attached hydrogens (tertiary/aromatic N) is 2. The lowest BCUT2D eigenvalue weighted by atomic mass is 10.0. The van der Waals surface area contributed by atoms with E-state index in [9.17, 15) is 5.11 Å². The number of rotatable bonds is 7. The highest BCUT2D eigenvalue weighted by molar-refractivity contribution is 4.87. The van der Waals surface area contributed by atoms with Crippen LogP contribution in [0.4, 0.5) is 0 Å². The van der Waals surface area contributed by atoms with Crippen molar-refractivity contribution in [2.75, 3.05) is 52.4 Å². The molecule has 1 atom stereocenters. The second-order valence-corrected chi connectivity index (χ2v) is 5.36. The summed E-state index contributed by atoms with van der Waals surface area (Å²) in [5.74, 6) is 0. The molecule has 0 spiro atoms. The third-order valence-electron chi connectivity index (χ3n) is 3.64. The fourth-order valence-electron chi connectivity index (χ4n) is 2.35. The zero-order valence-corrected chi connectivity index (χ0v) is 11.7. The van der Waals surface area contributed by atoms with Crippen molar-refractivity contribution in [2.45, 2.75) is 32.7 Å². The maximum absolute atomic E-state index is 9.54. The van der Waals surface area contributed by atoms with Gasteiger partial charge in [0.15, 0.2) is 0 Å². The molecule has 1 saturated heterocycles. The molecule has 102 valence electrons. The number of aliphatic hydroxyl groups excluding tert-OH is 1. The van der Waals surface area contributed by atoms with Gasteiger partial charge in [0.05, 0.1) is 12.1 Å². The number of hydrogen-bond donors (Lipinski definition) is 2. The Morgan fingerprint density at radius 3 is 2.18 bits per heavy atom. The molecule has 0 aliphatic carbocycles. The maximum Gasteiger partial charge on any atom is 0.0623 e. The molecule has 1 heterocycles. The minimum atomic E-state index is -0.148. The van der Waals surface area contributed by atoms with Gasteiger partial charge in [-0.3, -0.25) is 4.90 Å². The SMILES string of the molecule is CCCNC(C)(CO)CN1CCN(CC)CC1. The average Bonchev–Trinajstić information content (AvgIpc) is 2.37. The third-order valence-corrected chi connectivity index (χ3v) is 3.64. The minimum Gasteiger partial charge on any atom is -0.394 e. The monoisotopic (exact) mass is 243 g/mol. The first-order valence-electron chi connectivity index (χ1n) is 6.94. The summed E-state index contributed by atoms with van der Waals surface area (Å²) in [5, 5.41) is 13.0. The average molecular weight is 243 g/mol. The summed E-state index contributed by atoms with van der Waals surface area (Å²) in [7, 11) is 0. The third kappa shape index (κ3) is 4.92. The molecule has 0 saturated carbocycles. The van der Waals surface area contributed by atoms with E-state index in [0.29, 0.717) is 0 Å². The molecule has 0 aromatic rings. The van der Waals surface area contributed by atoms with E-state index in [1.807, 2.05) is 0 Å². The van der Waals surface area contributed by atoms with Crippen LogP contribution in [-0.4, -0.2) is 72.9 Å². The molecule has 0 amide bonds. The van der Waals surface area contributed by atoms with Crippen LogP contribution >= 0.6 is 0 Å². The van der Waals surface area contributed by atoms with Crippen molar-refractivity contribution < 1.29 is 5.11 Å². The molecule has 0 aromatic heterocycles. The maximum atomic E-state index is 9.54. The summed E-state index contributed by atoms with van der Waals surface area (Å²) >= 11 is 0. The number of likely N-dealkylation sites (N-methyl/N-ethyl adjacent to an activating group) is 1. The van der Waals surface area contributed by atoms with Gasteiger partial charge < -0.3 is 15.3 Å². The van der Waals surface area contributed by atoms with Gasteiger partial charge >= 0.3 is 0 Å². The Morgan fingerprint density at radius 2 is 1.71 bits per heavy atom. The van der Waals surface area contributed by atoms with Crippen molar-refractivity contribution in [1.29, 1.82) is 0 Å². The quantitative estimate of drug-likeness (QED) is 0.678. The van der Waals surface area contributed by atoms with E-state index in [0.717, 1.165) is 52.2 Å². The predicted molar refractivity (Wildman–Crippen MR) is 72.3 cm³/mol. The van der Waals surface area contributed by atoms with E-state index in [4.69, 9.17) is 0 Å². The van der Waals surface area contributed by atoms with Crippen LogP contribution in [0.1, 0.15) is 27.2 Å². The summed E-state index contributed by atoms with van der Waals surface area (Å²) in [6.07, 6.45) is 1.11. The van der Waals surface area contributed by atoms with Crippen LogP contribution in [0.15, 0.2) is 0 Å². The molecule has 0 bridgehead atoms. The lowest BCUT2D eigenvalue weighted by Gasteiger charge is -2.39. The van der Waals surface area contributed by atoms with Crippen molar-refractivity contribution in [1.82, 2.24) is 15.1 Å². The van der Waals surface area contributed by atoms with Crippen LogP contribution in [0.25, 0.3) is 0 Å². The van der Waals surface area contributed by atoms with Crippen molar-refractivity contribution in [3.8, 4) is 0 Å². The molecule has 0 radical (unpaired) electrons. The molecular formula is C13H29N3O. The standard InChI is InChI=1S/C13H29N3O/c1-4-6-14-13(3,12-17)11-16-9-7-15(5-2)8-10-16/h14,17H,4-12H2,1-3H3. The zero-order valence-electron chi connectivity index (χ0n) is 11.7. The summed E-state index contributed by atoms with van der Waals surface area (Å²) in [4.78, 5) is 4.94. The van der Waals surface area contributed by atoms with Crippen LogP contribution in [0.5, 0.6) is 0 Å². The number of piperazine rings is 1. The van der Waals surface area contributed by atoms with Crippen LogP contribution in [0.3, 0.4) is 0 Å². The van der Waals surface area contributed by atoms with Crippen LogP contribution in [-0.2, 0) is 0 Å². The normalized spacial score (nSPS) is 22.6. The van der Waals surface area contributed by atoms with Gasteiger partial charge in [-0.25, -0.2) is 0 Å². The van der Waals surface area contributed by atoms with E-state index in [2.05, 4.69) is 35.9 Å². The number of hydrogen-bond acceptors (Lipinski definition) is 4. The first kappa shape index (κ1) is 14.9. The van der Waals surface area contributed by atoms with Gasteiger partial charge in [-0.2, -0.15) is 0 Å². The van der Waals surface area contributed by atoms with E-state index in [1.54, 1.807) is 0 Å². The molecular weight excluding hydrogens is 214 g/mol. The minimum absolute atomic E-state index is 0.148. The Labute approximate surface area is 106 Å². The number of nitrogens with one attached hydrogen (secondary N) is 1. The summed E-state index contributed by atoms with van der Waals surface area (Å²) in [6.45, 7) is 14.3. The van der Waals surface area contributed by atoms with E-state index in [1.165, 1.54) is 0 Å². The van der Waals surface area contributed by atoms with E-state index in [-0.39, 0.29) is 12.1 Å². The molecule has 1 aliphatic rings. The second-order valence-electron chi connectivity index (χ2n) is 5.36. The van der Waals surface area contributed by atoms with Gasteiger partial charge in [0.1, 0.15) is 0 Å². The zero-order chi connectivity index (χ0) is 12.7.